The molecule has 0 saturated carbocycles. The molecule has 18 heavy (non-hydrogen) atoms. The Hall–Kier alpha value is -1.28. The summed E-state index contributed by atoms with van der Waals surface area (Å²) in [7, 11) is 0. The number of halogens is 1. The van der Waals surface area contributed by atoms with Gasteiger partial charge in [-0.3, -0.25) is 0 Å². The van der Waals surface area contributed by atoms with Crippen LogP contribution in [0.15, 0.2) is 40.9 Å². The average molecular weight is 303 g/mol. The lowest BCUT2D eigenvalue weighted by Gasteiger charge is -2.34. The van der Waals surface area contributed by atoms with Crippen LogP contribution in [-0.4, -0.2) is 5.11 Å². The molecule has 2 aromatic rings. The van der Waals surface area contributed by atoms with Gasteiger partial charge in [-0.15, -0.1) is 0 Å². The van der Waals surface area contributed by atoms with E-state index in [-0.39, 0.29) is 5.41 Å². The first kappa shape index (κ1) is 11.8. The second-order valence-electron chi connectivity index (χ2n) is 5.59. The fourth-order valence-electron chi connectivity index (χ4n) is 2.87. The molecule has 92 valence electrons. The van der Waals surface area contributed by atoms with Crippen molar-refractivity contribution in [2.45, 2.75) is 25.7 Å². The fourth-order valence-corrected chi connectivity index (χ4v) is 3.23. The highest BCUT2D eigenvalue weighted by Gasteiger charge is 2.30. The zero-order valence-electron chi connectivity index (χ0n) is 10.5. The van der Waals surface area contributed by atoms with Crippen LogP contribution >= 0.6 is 15.9 Å². The van der Waals surface area contributed by atoms with E-state index in [9.17, 15) is 5.11 Å². The third-order valence-corrected chi connectivity index (χ3v) is 4.22. The molecule has 0 fully saturated rings. The third kappa shape index (κ3) is 1.76. The molecule has 1 aliphatic rings. The second-order valence-corrected chi connectivity index (χ2v) is 6.51. The normalized spacial score (nSPS) is 15.9. The predicted molar refractivity (Wildman–Crippen MR) is 78.0 cm³/mol. The lowest BCUT2D eigenvalue weighted by molar-refractivity contribution is 0.473. The van der Waals surface area contributed by atoms with Gasteiger partial charge in [0, 0.05) is 4.47 Å². The van der Waals surface area contributed by atoms with Crippen molar-refractivity contribution in [3.05, 3.63) is 52.0 Å². The van der Waals surface area contributed by atoms with Gasteiger partial charge in [-0.1, -0.05) is 41.9 Å². The van der Waals surface area contributed by atoms with Crippen molar-refractivity contribution >= 4 is 15.9 Å². The molecule has 0 atom stereocenters. The molecule has 0 radical (unpaired) electrons. The summed E-state index contributed by atoms with van der Waals surface area (Å²) in [4.78, 5) is 0. The molecule has 0 bridgehead atoms. The predicted octanol–water partition coefficient (Wildman–Crippen LogP) is 4.66. The van der Waals surface area contributed by atoms with Crippen molar-refractivity contribution in [2.75, 3.05) is 0 Å². The Morgan fingerprint density at radius 2 is 1.83 bits per heavy atom. The molecule has 2 heteroatoms. The Kier molecular flexibility index (Phi) is 2.53. The summed E-state index contributed by atoms with van der Waals surface area (Å²) in [6.07, 6.45) is 1.01. The molecule has 2 aromatic carbocycles. The zero-order chi connectivity index (χ0) is 12.9. The zero-order valence-corrected chi connectivity index (χ0v) is 12.1. The van der Waals surface area contributed by atoms with Gasteiger partial charge in [-0.25, -0.2) is 0 Å². The Morgan fingerprint density at radius 3 is 2.61 bits per heavy atom. The minimum Gasteiger partial charge on any atom is -0.508 e. The minimum atomic E-state index is 0.139. The molecule has 1 nitrogen and oxygen atoms in total. The van der Waals surface area contributed by atoms with E-state index in [1.807, 2.05) is 12.1 Å². The van der Waals surface area contributed by atoms with Crippen molar-refractivity contribution in [3.8, 4) is 16.9 Å². The molecular weight excluding hydrogens is 288 g/mol. The number of rotatable bonds is 0. The maximum absolute atomic E-state index is 9.70. The minimum absolute atomic E-state index is 0.139. The summed E-state index contributed by atoms with van der Waals surface area (Å²) < 4.78 is 1.08. The number of hydrogen-bond acceptors (Lipinski definition) is 1. The molecule has 1 N–H and O–H groups in total. The molecule has 3 rings (SSSR count). The maximum Gasteiger partial charge on any atom is 0.116 e. The fraction of sp³-hybridized carbons (Fsp3) is 0.250. The molecule has 0 amide bonds. The largest absolute Gasteiger partial charge is 0.508 e. The van der Waals surface area contributed by atoms with Gasteiger partial charge in [-0.05, 0) is 58.4 Å². The number of benzene rings is 2. The number of phenols is 1. The molecular formula is C16H15BrO. The quantitative estimate of drug-likeness (QED) is 0.750. The number of aromatic hydroxyl groups is 1. The standard InChI is InChI=1S/C16H15BrO/c1-16(2)9-10-3-5-12(18)8-13(10)14-7-11(17)4-6-15(14)16/h3-8,18H,9H2,1-2H3. The van der Waals surface area contributed by atoms with Gasteiger partial charge in [0.05, 0.1) is 0 Å². The highest BCUT2D eigenvalue weighted by Crippen LogP contribution is 2.44. The molecule has 0 unspecified atom stereocenters. The SMILES string of the molecule is CC1(C)Cc2ccc(O)cc2-c2cc(Br)ccc21. The highest BCUT2D eigenvalue weighted by molar-refractivity contribution is 9.10. The average Bonchev–Trinajstić information content (AvgIpc) is 2.30. The summed E-state index contributed by atoms with van der Waals surface area (Å²) in [6.45, 7) is 4.55. The summed E-state index contributed by atoms with van der Waals surface area (Å²) in [6, 6.07) is 12.1. The summed E-state index contributed by atoms with van der Waals surface area (Å²) >= 11 is 3.54. The van der Waals surface area contributed by atoms with Crippen LogP contribution in [0.2, 0.25) is 0 Å². The van der Waals surface area contributed by atoms with Gasteiger partial charge in [0.15, 0.2) is 0 Å². The lowest BCUT2D eigenvalue weighted by Crippen LogP contribution is -2.25. The molecule has 1 aliphatic carbocycles. The number of fused-ring (bicyclic) bond motifs is 3. The maximum atomic E-state index is 9.70. The van der Waals surface area contributed by atoms with E-state index in [2.05, 4.69) is 48.0 Å². The van der Waals surface area contributed by atoms with E-state index in [0.717, 1.165) is 16.5 Å². The van der Waals surface area contributed by atoms with Crippen LogP contribution in [0.25, 0.3) is 11.1 Å². The number of phenolic OH excluding ortho intramolecular Hbond substituents is 1. The lowest BCUT2D eigenvalue weighted by atomic mass is 9.70. The topological polar surface area (TPSA) is 20.2 Å². The first-order valence-corrected chi connectivity index (χ1v) is 6.89. The Balaban J connectivity index is 2.34. The van der Waals surface area contributed by atoms with Crippen LogP contribution in [0, 0.1) is 0 Å². The monoisotopic (exact) mass is 302 g/mol. The van der Waals surface area contributed by atoms with Crippen LogP contribution in [-0.2, 0) is 11.8 Å². The van der Waals surface area contributed by atoms with E-state index in [1.54, 1.807) is 6.07 Å². The van der Waals surface area contributed by atoms with Crippen LogP contribution in [0.3, 0.4) is 0 Å². The van der Waals surface area contributed by atoms with E-state index in [0.29, 0.717) is 5.75 Å². The molecule has 0 heterocycles. The highest BCUT2D eigenvalue weighted by atomic mass is 79.9. The van der Waals surface area contributed by atoms with Gasteiger partial charge >= 0.3 is 0 Å². The first-order valence-electron chi connectivity index (χ1n) is 6.10. The van der Waals surface area contributed by atoms with Crippen molar-refractivity contribution in [1.29, 1.82) is 0 Å². The molecule has 0 spiro atoms. The van der Waals surface area contributed by atoms with E-state index >= 15 is 0 Å². The van der Waals surface area contributed by atoms with Gasteiger partial charge in [0.25, 0.3) is 0 Å². The van der Waals surface area contributed by atoms with Crippen molar-refractivity contribution < 1.29 is 5.11 Å². The van der Waals surface area contributed by atoms with Gasteiger partial charge in [-0.2, -0.15) is 0 Å². The van der Waals surface area contributed by atoms with Crippen LogP contribution < -0.4 is 0 Å². The molecule has 0 aromatic heterocycles. The molecule has 0 aliphatic heterocycles. The third-order valence-electron chi connectivity index (χ3n) is 3.73. The summed E-state index contributed by atoms with van der Waals surface area (Å²) in [5.41, 5.74) is 5.18. The Bertz CT molecular complexity index is 629. The van der Waals surface area contributed by atoms with Gasteiger partial charge in [0.2, 0.25) is 0 Å². The van der Waals surface area contributed by atoms with Crippen molar-refractivity contribution in [1.82, 2.24) is 0 Å². The van der Waals surface area contributed by atoms with Crippen LogP contribution in [0.4, 0.5) is 0 Å². The Morgan fingerprint density at radius 1 is 1.06 bits per heavy atom. The van der Waals surface area contributed by atoms with Crippen molar-refractivity contribution in [3.63, 3.8) is 0 Å². The van der Waals surface area contributed by atoms with Crippen molar-refractivity contribution in [2.24, 2.45) is 0 Å². The van der Waals surface area contributed by atoms with E-state index < -0.39 is 0 Å². The second kappa shape index (κ2) is 3.86. The van der Waals surface area contributed by atoms with Crippen LogP contribution in [0.1, 0.15) is 25.0 Å². The van der Waals surface area contributed by atoms with Gasteiger partial charge in [0.1, 0.15) is 5.75 Å². The molecule has 0 saturated heterocycles. The summed E-state index contributed by atoms with van der Waals surface area (Å²) in [5, 5.41) is 9.70. The van der Waals surface area contributed by atoms with E-state index in [4.69, 9.17) is 0 Å². The smallest absolute Gasteiger partial charge is 0.116 e. The van der Waals surface area contributed by atoms with E-state index in [1.165, 1.54) is 16.7 Å². The summed E-state index contributed by atoms with van der Waals surface area (Å²) in [5.74, 6) is 0.333. The van der Waals surface area contributed by atoms with Gasteiger partial charge < -0.3 is 5.11 Å². The first-order chi connectivity index (χ1) is 8.47. The van der Waals surface area contributed by atoms with Crippen LogP contribution in [0.5, 0.6) is 5.75 Å². The number of hydrogen-bond donors (Lipinski definition) is 1. The Labute approximate surface area is 116 Å².